The van der Waals surface area contributed by atoms with Crippen molar-refractivity contribution < 1.29 is 0 Å². The van der Waals surface area contributed by atoms with Gasteiger partial charge in [-0.2, -0.15) is 0 Å². The van der Waals surface area contributed by atoms with Crippen LogP contribution in [-0.2, 0) is 0 Å². The number of nitrogens with zero attached hydrogens (tertiary/aromatic N) is 9. The zero-order valence-electron chi connectivity index (χ0n) is 8.02. The van der Waals surface area contributed by atoms with Crippen molar-refractivity contribution in [2.75, 3.05) is 0 Å². The first-order chi connectivity index (χ1) is 6.43. The van der Waals surface area contributed by atoms with Gasteiger partial charge >= 0.3 is 8.56 Å². The first kappa shape index (κ1) is 12.1. The summed E-state index contributed by atoms with van der Waals surface area (Å²) in [7, 11) is -3.37. The third-order valence-corrected chi connectivity index (χ3v) is 4.68. The average molecular weight is 211 g/mol. The molecule has 10 heteroatoms. The Hall–Kier alpha value is -1.85. The smallest absolute Gasteiger partial charge is 0.110 e. The molecule has 0 aromatic heterocycles. The molecule has 0 saturated heterocycles. The average Bonchev–Trinajstić information content (AvgIpc) is 2.03. The molecule has 0 aliphatic carbocycles. The van der Waals surface area contributed by atoms with Crippen LogP contribution in [0.15, 0.2) is 14.3 Å². The lowest BCUT2D eigenvalue weighted by Gasteiger charge is -2.29. The van der Waals surface area contributed by atoms with Crippen molar-refractivity contribution in [2.24, 2.45) is 14.3 Å². The molecule has 0 radical (unpaired) electrons. The quantitative estimate of drug-likeness (QED) is 0.290. The fourth-order valence-corrected chi connectivity index (χ4v) is 2.09. The second kappa shape index (κ2) is 4.40. The molecule has 0 rings (SSSR count). The Labute approximate surface area is 80.9 Å². The number of hydrogen-bond donors (Lipinski definition) is 0. The van der Waals surface area contributed by atoms with Crippen LogP contribution in [0.4, 0.5) is 0 Å². The molecule has 14 heavy (non-hydrogen) atoms. The molecule has 0 aliphatic heterocycles. The molecule has 0 aromatic rings. The van der Waals surface area contributed by atoms with Crippen LogP contribution in [0.5, 0.6) is 0 Å². The normalized spacial score (nSPS) is 13.9. The highest BCUT2D eigenvalue weighted by Crippen LogP contribution is 2.39. The van der Waals surface area contributed by atoms with Crippen molar-refractivity contribution in [1.82, 2.24) is 0 Å². The number of azide groups is 1. The van der Waals surface area contributed by atoms with Gasteiger partial charge in [0.15, 0.2) is 0 Å². The third-order valence-electron chi connectivity index (χ3n) is 1.56. The predicted octanol–water partition coefficient (Wildman–Crippen LogP) is 3.66. The van der Waals surface area contributed by atoms with Crippen LogP contribution in [-0.4, -0.2) is 8.56 Å². The lowest BCUT2D eigenvalue weighted by atomic mass is 10.3. The van der Waals surface area contributed by atoms with Crippen molar-refractivity contribution in [1.29, 1.82) is 0 Å². The fraction of sp³-hybridized carbons (Fsp3) is 1.00. The summed E-state index contributed by atoms with van der Waals surface area (Å²) in [5, 5.41) is -0.655. The van der Waals surface area contributed by atoms with Crippen LogP contribution < -0.4 is 0 Å². The first-order valence-electron chi connectivity index (χ1n) is 3.62. The molecule has 0 heterocycles. The highest BCUT2D eigenvalue weighted by atomic mass is 28.4. The Morgan fingerprint density at radius 1 is 0.857 bits per heavy atom. The van der Waals surface area contributed by atoms with Crippen LogP contribution >= 0.6 is 0 Å². The molecule has 0 saturated carbocycles. The van der Waals surface area contributed by atoms with Gasteiger partial charge in [0.1, 0.15) is 0 Å². The Bertz CT molecular complexity index is 302. The minimum Gasteiger partial charge on any atom is -0.110 e. The zero-order valence-corrected chi connectivity index (χ0v) is 9.02. The van der Waals surface area contributed by atoms with E-state index in [9.17, 15) is 0 Å². The maximum Gasteiger partial charge on any atom is 0.355 e. The molecular formula is C4H9N9Si. The fourth-order valence-electron chi connectivity index (χ4n) is 0.697. The van der Waals surface area contributed by atoms with E-state index in [2.05, 4.69) is 29.1 Å². The highest BCUT2D eigenvalue weighted by molar-refractivity contribution is 6.77. The summed E-state index contributed by atoms with van der Waals surface area (Å²) in [6.07, 6.45) is 0. The van der Waals surface area contributed by atoms with Crippen molar-refractivity contribution in [2.45, 2.75) is 25.8 Å². The first-order valence-corrected chi connectivity index (χ1v) is 5.46. The maximum absolute atomic E-state index is 8.34. The van der Waals surface area contributed by atoms with Gasteiger partial charge in [-0.3, -0.25) is 0 Å². The van der Waals surface area contributed by atoms with Gasteiger partial charge in [0.25, 0.3) is 0 Å². The Morgan fingerprint density at radius 2 is 1.14 bits per heavy atom. The lowest BCUT2D eigenvalue weighted by molar-refractivity contribution is 0.704. The topological polar surface area (TPSA) is 146 Å². The SMILES string of the molecule is CC(C)(C)[Si](N=[N+]=[N-])(N=[N+]=[N-])N=[N+]=[N-]. The van der Waals surface area contributed by atoms with Crippen LogP contribution in [0.3, 0.4) is 0 Å². The van der Waals surface area contributed by atoms with E-state index < -0.39 is 13.6 Å². The van der Waals surface area contributed by atoms with Crippen LogP contribution in [0.2, 0.25) is 5.04 Å². The summed E-state index contributed by atoms with van der Waals surface area (Å²) in [6.45, 7) is 5.08. The van der Waals surface area contributed by atoms with Gasteiger partial charge in [-0.1, -0.05) is 20.8 Å². The van der Waals surface area contributed by atoms with Gasteiger partial charge in [-0.15, -0.1) is 14.3 Å². The monoisotopic (exact) mass is 211 g/mol. The van der Waals surface area contributed by atoms with Crippen LogP contribution in [0.25, 0.3) is 31.3 Å². The molecule has 0 N–H and O–H groups in total. The minimum absolute atomic E-state index is 0.655. The Morgan fingerprint density at radius 3 is 1.29 bits per heavy atom. The minimum atomic E-state index is -3.37. The van der Waals surface area contributed by atoms with Gasteiger partial charge < -0.3 is 0 Å². The summed E-state index contributed by atoms with van der Waals surface area (Å²) in [5.74, 6) is 0. The molecule has 0 amide bonds. The van der Waals surface area contributed by atoms with E-state index in [-0.39, 0.29) is 0 Å². The Kier molecular flexibility index (Phi) is 3.82. The van der Waals surface area contributed by atoms with E-state index in [4.69, 9.17) is 16.6 Å². The van der Waals surface area contributed by atoms with E-state index >= 15 is 0 Å². The molecule has 0 spiro atoms. The molecule has 0 fully saturated rings. The summed E-state index contributed by atoms with van der Waals surface area (Å²) >= 11 is 0. The van der Waals surface area contributed by atoms with Crippen molar-refractivity contribution >= 4 is 8.56 Å². The van der Waals surface area contributed by atoms with E-state index in [0.29, 0.717) is 0 Å². The van der Waals surface area contributed by atoms with Gasteiger partial charge in [-0.25, -0.2) is 0 Å². The molecule has 0 aliphatic rings. The number of hydrogen-bond acceptors (Lipinski definition) is 3. The standard InChI is InChI=1S/C4H9N9Si/c1-4(2,3)14(11-8-5,12-9-6)13-10-7/h1-3H3. The Balaban J connectivity index is 5.73. The lowest BCUT2D eigenvalue weighted by Crippen LogP contribution is -2.37. The van der Waals surface area contributed by atoms with Crippen LogP contribution in [0.1, 0.15) is 20.8 Å². The third kappa shape index (κ3) is 2.32. The molecule has 0 unspecified atom stereocenters. The molecule has 0 bridgehead atoms. The zero-order chi connectivity index (χ0) is 11.2. The summed E-state index contributed by atoms with van der Waals surface area (Å²) < 4.78 is 10.2. The number of rotatable bonds is 3. The molecule has 74 valence electrons. The van der Waals surface area contributed by atoms with E-state index in [1.807, 2.05) is 0 Å². The second-order valence-corrected chi connectivity index (χ2v) is 6.82. The summed E-state index contributed by atoms with van der Waals surface area (Å²) in [4.78, 5) is 7.71. The van der Waals surface area contributed by atoms with Crippen molar-refractivity contribution in [3.05, 3.63) is 31.3 Å². The van der Waals surface area contributed by atoms with E-state index in [1.54, 1.807) is 20.8 Å². The predicted molar refractivity (Wildman–Crippen MR) is 52.9 cm³/mol. The van der Waals surface area contributed by atoms with Crippen LogP contribution in [0, 0.1) is 0 Å². The molecule has 0 aromatic carbocycles. The molecule has 0 atom stereocenters. The van der Waals surface area contributed by atoms with Crippen molar-refractivity contribution in [3.63, 3.8) is 0 Å². The largest absolute Gasteiger partial charge is 0.355 e. The maximum atomic E-state index is 8.34. The van der Waals surface area contributed by atoms with E-state index in [1.165, 1.54) is 0 Å². The second-order valence-electron chi connectivity index (χ2n) is 3.45. The van der Waals surface area contributed by atoms with E-state index in [0.717, 1.165) is 0 Å². The van der Waals surface area contributed by atoms with Gasteiger partial charge in [-0.05, 0) is 36.4 Å². The van der Waals surface area contributed by atoms with Gasteiger partial charge in [0, 0.05) is 0 Å². The molecular weight excluding hydrogens is 202 g/mol. The van der Waals surface area contributed by atoms with Gasteiger partial charge in [0.05, 0.1) is 0 Å². The van der Waals surface area contributed by atoms with Gasteiger partial charge in [0.2, 0.25) is 0 Å². The molecule has 9 nitrogen and oxygen atoms in total. The summed E-state index contributed by atoms with van der Waals surface area (Å²) in [5.41, 5.74) is 25.0. The van der Waals surface area contributed by atoms with Crippen molar-refractivity contribution in [3.8, 4) is 0 Å². The summed E-state index contributed by atoms with van der Waals surface area (Å²) in [6, 6.07) is 0. The highest BCUT2D eigenvalue weighted by Gasteiger charge is 2.44.